The fourth-order valence-corrected chi connectivity index (χ4v) is 12.7. The minimum absolute atomic E-state index is 0.118. The summed E-state index contributed by atoms with van der Waals surface area (Å²) in [5.74, 6) is 3.90. The van der Waals surface area contributed by atoms with Gasteiger partial charge < -0.3 is 4.90 Å². The Kier molecular flexibility index (Phi) is 7.22. The first-order valence-corrected chi connectivity index (χ1v) is 21.1. The molecule has 1 unspecified atom stereocenters. The molecule has 7 aromatic rings. The van der Waals surface area contributed by atoms with Gasteiger partial charge in [0.1, 0.15) is 0 Å². The molecule has 7 aromatic carbocycles. The molecular weight excluding hydrogens is 675 g/mol. The summed E-state index contributed by atoms with van der Waals surface area (Å²) < 4.78 is 0. The molecule has 4 fully saturated rings. The fraction of sp³-hybridized carbons (Fsp3) is 0.236. The van der Waals surface area contributed by atoms with Crippen LogP contribution < -0.4 is 4.90 Å². The van der Waals surface area contributed by atoms with Gasteiger partial charge >= 0.3 is 0 Å². The monoisotopic (exact) mass is 721 g/mol. The van der Waals surface area contributed by atoms with Gasteiger partial charge in [-0.15, -0.1) is 0 Å². The van der Waals surface area contributed by atoms with Crippen molar-refractivity contribution in [2.75, 3.05) is 4.90 Å². The van der Waals surface area contributed by atoms with E-state index < -0.39 is 0 Å². The van der Waals surface area contributed by atoms with E-state index in [1.807, 2.05) is 0 Å². The molecule has 272 valence electrons. The highest BCUT2D eigenvalue weighted by Gasteiger charge is 2.61. The number of benzene rings is 7. The zero-order valence-corrected chi connectivity index (χ0v) is 32.2. The minimum atomic E-state index is 0.118. The molecule has 0 N–H and O–H groups in total. The highest BCUT2D eigenvalue weighted by molar-refractivity contribution is 5.96. The second kappa shape index (κ2) is 12.4. The van der Waals surface area contributed by atoms with Gasteiger partial charge in [-0.25, -0.2) is 0 Å². The van der Waals surface area contributed by atoms with Gasteiger partial charge in [0.05, 0.1) is 5.69 Å². The van der Waals surface area contributed by atoms with Gasteiger partial charge in [0.25, 0.3) is 0 Å². The SMILES string of the molecule is CC1C=Cc2c(ccc3cc(-c4ccc(N(c5ccc6c(c5)C5(c7ccccc7-6)C6CC7CC(C6)CC5C7)c5ccccc5-c5ccccc5)cc4)ccc23)C1. The van der Waals surface area contributed by atoms with Crippen molar-refractivity contribution in [3.63, 3.8) is 0 Å². The third-order valence-electron chi connectivity index (χ3n) is 14.8. The number of allylic oxidation sites excluding steroid dienone is 1. The maximum absolute atomic E-state index is 2.63. The van der Waals surface area contributed by atoms with Crippen molar-refractivity contribution in [2.24, 2.45) is 29.6 Å². The first kappa shape index (κ1) is 32.6. The summed E-state index contributed by atoms with van der Waals surface area (Å²) >= 11 is 0. The zero-order valence-electron chi connectivity index (χ0n) is 32.2. The average molecular weight is 722 g/mol. The van der Waals surface area contributed by atoms with E-state index in [4.69, 9.17) is 0 Å². The molecule has 0 aliphatic heterocycles. The molecule has 1 heteroatoms. The topological polar surface area (TPSA) is 3.24 Å². The van der Waals surface area contributed by atoms with E-state index in [-0.39, 0.29) is 5.41 Å². The number of anilines is 3. The summed E-state index contributed by atoms with van der Waals surface area (Å²) in [5.41, 5.74) is 17.7. The summed E-state index contributed by atoms with van der Waals surface area (Å²) in [5, 5.41) is 2.66. The van der Waals surface area contributed by atoms with Crippen LogP contribution in [0.5, 0.6) is 0 Å². The Balaban J connectivity index is 1.00. The predicted octanol–water partition coefficient (Wildman–Crippen LogP) is 14.6. The van der Waals surface area contributed by atoms with Crippen molar-refractivity contribution in [1.29, 1.82) is 0 Å². The van der Waals surface area contributed by atoms with Gasteiger partial charge in [0, 0.05) is 22.4 Å². The van der Waals surface area contributed by atoms with Crippen LogP contribution in [0.15, 0.2) is 158 Å². The zero-order chi connectivity index (χ0) is 37.0. The average Bonchev–Trinajstić information content (AvgIpc) is 3.53. The van der Waals surface area contributed by atoms with Crippen molar-refractivity contribution in [3.05, 3.63) is 180 Å². The van der Waals surface area contributed by atoms with Crippen molar-refractivity contribution in [3.8, 4) is 33.4 Å². The number of hydrogen-bond donors (Lipinski definition) is 0. The van der Waals surface area contributed by atoms with Gasteiger partial charge in [0.2, 0.25) is 0 Å². The molecular formula is C55H47N. The molecule has 56 heavy (non-hydrogen) atoms. The molecule has 0 heterocycles. The van der Waals surface area contributed by atoms with Crippen LogP contribution in [0.2, 0.25) is 0 Å². The maximum Gasteiger partial charge on any atom is 0.0540 e. The van der Waals surface area contributed by atoms with Gasteiger partial charge in [-0.2, -0.15) is 0 Å². The smallest absolute Gasteiger partial charge is 0.0540 e. The quantitative estimate of drug-likeness (QED) is 0.171. The molecule has 1 nitrogen and oxygen atoms in total. The molecule has 1 spiro atoms. The van der Waals surface area contributed by atoms with E-state index in [2.05, 4.69) is 176 Å². The Morgan fingerprint density at radius 2 is 1.20 bits per heavy atom. The Morgan fingerprint density at radius 3 is 2.00 bits per heavy atom. The van der Waals surface area contributed by atoms with Crippen LogP contribution in [0.4, 0.5) is 17.1 Å². The van der Waals surface area contributed by atoms with Gasteiger partial charge in [-0.05, 0) is 165 Å². The largest absolute Gasteiger partial charge is 0.310 e. The van der Waals surface area contributed by atoms with Crippen molar-refractivity contribution in [2.45, 2.75) is 50.9 Å². The Hall–Kier alpha value is -5.66. The van der Waals surface area contributed by atoms with Crippen molar-refractivity contribution >= 4 is 33.9 Å². The molecule has 4 saturated carbocycles. The Labute approximate surface area is 331 Å². The molecule has 4 bridgehead atoms. The molecule has 6 aliphatic carbocycles. The number of hydrogen-bond acceptors (Lipinski definition) is 1. The summed E-state index contributed by atoms with van der Waals surface area (Å²) in [6.45, 7) is 2.31. The van der Waals surface area contributed by atoms with E-state index in [1.54, 1.807) is 11.1 Å². The van der Waals surface area contributed by atoms with E-state index in [0.717, 1.165) is 30.1 Å². The Morgan fingerprint density at radius 1 is 0.518 bits per heavy atom. The molecule has 0 amide bonds. The van der Waals surface area contributed by atoms with Crippen molar-refractivity contribution in [1.82, 2.24) is 0 Å². The molecule has 0 radical (unpaired) electrons. The number of rotatable bonds is 5. The highest BCUT2D eigenvalue weighted by atomic mass is 15.1. The lowest BCUT2D eigenvalue weighted by Crippen LogP contribution is -2.55. The van der Waals surface area contributed by atoms with E-state index in [1.165, 1.54) is 104 Å². The van der Waals surface area contributed by atoms with Crippen LogP contribution in [-0.2, 0) is 11.8 Å². The fourth-order valence-electron chi connectivity index (χ4n) is 12.7. The van der Waals surface area contributed by atoms with Gasteiger partial charge in [-0.3, -0.25) is 0 Å². The van der Waals surface area contributed by atoms with Crippen LogP contribution in [0.25, 0.3) is 50.2 Å². The number of fused-ring (bicyclic) bond motifs is 6. The van der Waals surface area contributed by atoms with Crippen LogP contribution in [0.3, 0.4) is 0 Å². The third-order valence-corrected chi connectivity index (χ3v) is 14.8. The van der Waals surface area contributed by atoms with Crippen LogP contribution >= 0.6 is 0 Å². The normalized spacial score (nSPS) is 25.0. The lowest BCUT2D eigenvalue weighted by molar-refractivity contribution is -0.0399. The summed E-state index contributed by atoms with van der Waals surface area (Å²) in [6, 6.07) is 57.9. The number of para-hydroxylation sites is 1. The molecule has 0 aromatic heterocycles. The first-order chi connectivity index (χ1) is 27.6. The predicted molar refractivity (Wildman–Crippen MR) is 235 cm³/mol. The summed E-state index contributed by atoms with van der Waals surface area (Å²) in [4.78, 5) is 2.54. The number of nitrogens with zero attached hydrogens (tertiary/aromatic N) is 1. The van der Waals surface area contributed by atoms with Gasteiger partial charge in [0.15, 0.2) is 0 Å². The van der Waals surface area contributed by atoms with E-state index in [9.17, 15) is 0 Å². The molecule has 6 aliphatic rings. The minimum Gasteiger partial charge on any atom is -0.310 e. The van der Waals surface area contributed by atoms with Crippen LogP contribution in [0, 0.1) is 29.6 Å². The Bertz CT molecular complexity index is 2670. The lowest BCUT2D eigenvalue weighted by Gasteiger charge is -2.61. The second-order valence-corrected chi connectivity index (χ2v) is 17.8. The van der Waals surface area contributed by atoms with Crippen LogP contribution in [-0.4, -0.2) is 0 Å². The summed E-state index contributed by atoms with van der Waals surface area (Å²) in [6.07, 6.45) is 12.8. The van der Waals surface area contributed by atoms with Gasteiger partial charge in [-0.1, -0.05) is 134 Å². The van der Waals surface area contributed by atoms with Crippen LogP contribution in [0.1, 0.15) is 61.3 Å². The standard InChI is InChI=1S/C55H47N/c1-35-15-24-47-41(27-35)16-17-42-33-40(20-25-48(42)47)38-18-21-45(22-19-38)56(54-14-8-6-11-49(54)39-9-3-2-4-10-39)46-23-26-51-50-12-5-7-13-52(50)55(53(51)34-46)43-29-36-28-37(31-43)32-44(55)30-36/h2-26,33-37,43-44H,27-32H2,1H3. The van der Waals surface area contributed by atoms with Crippen molar-refractivity contribution < 1.29 is 0 Å². The lowest BCUT2D eigenvalue weighted by atomic mass is 9.43. The summed E-state index contributed by atoms with van der Waals surface area (Å²) in [7, 11) is 0. The molecule has 1 atom stereocenters. The van der Waals surface area contributed by atoms with E-state index >= 15 is 0 Å². The highest BCUT2D eigenvalue weighted by Crippen LogP contribution is 2.69. The molecule has 0 saturated heterocycles. The second-order valence-electron chi connectivity index (χ2n) is 17.8. The third kappa shape index (κ3) is 4.79. The van der Waals surface area contributed by atoms with E-state index in [0.29, 0.717) is 5.92 Å². The maximum atomic E-state index is 2.63. The first-order valence-electron chi connectivity index (χ1n) is 21.1. The molecule has 13 rings (SSSR count).